The Kier molecular flexibility index (Phi) is 8.86. The lowest BCUT2D eigenvalue weighted by Crippen LogP contribution is -2.30. The zero-order valence-electron chi connectivity index (χ0n) is 14.6. The first kappa shape index (κ1) is 20.5. The maximum absolute atomic E-state index is 9.10. The Morgan fingerprint density at radius 3 is 1.36 bits per heavy atom. The van der Waals surface area contributed by atoms with Gasteiger partial charge in [0, 0.05) is 14.2 Å². The summed E-state index contributed by atoms with van der Waals surface area (Å²) in [6, 6.07) is 4.49. The third-order valence-corrected chi connectivity index (χ3v) is 3.84. The number of methoxy groups -OCH3 is 2. The quantitative estimate of drug-likeness (QED) is 0.579. The van der Waals surface area contributed by atoms with Gasteiger partial charge in [0.1, 0.15) is 0 Å². The van der Waals surface area contributed by atoms with Gasteiger partial charge in [0.15, 0.2) is 0 Å². The van der Waals surface area contributed by atoms with Crippen molar-refractivity contribution in [2.24, 2.45) is 21.1 Å². The standard InChI is InChI=1S/C16H28N4O2/c1-15(2,11-17)13(21-5)7-9-19-20-10-8-14(22-6)16(3,4)12-18/h13-14H,7-10H2,1-6H3. The molecule has 0 heterocycles. The van der Waals surface area contributed by atoms with Gasteiger partial charge < -0.3 is 9.47 Å². The lowest BCUT2D eigenvalue weighted by molar-refractivity contribution is 0.0289. The van der Waals surface area contributed by atoms with E-state index in [2.05, 4.69) is 22.4 Å². The number of hydrogen-bond donors (Lipinski definition) is 0. The van der Waals surface area contributed by atoms with E-state index < -0.39 is 10.8 Å². The van der Waals surface area contributed by atoms with Gasteiger partial charge >= 0.3 is 0 Å². The molecule has 0 amide bonds. The minimum atomic E-state index is -0.539. The van der Waals surface area contributed by atoms with E-state index in [1.165, 1.54) is 0 Å². The molecule has 0 aliphatic heterocycles. The molecule has 0 aliphatic rings. The monoisotopic (exact) mass is 308 g/mol. The second-order valence-corrected chi connectivity index (χ2v) is 6.42. The van der Waals surface area contributed by atoms with E-state index in [4.69, 9.17) is 20.0 Å². The van der Waals surface area contributed by atoms with Gasteiger partial charge in [-0.15, -0.1) is 0 Å². The van der Waals surface area contributed by atoms with Crippen LogP contribution in [0.3, 0.4) is 0 Å². The molecule has 0 aromatic heterocycles. The van der Waals surface area contributed by atoms with E-state index in [0.717, 1.165) is 0 Å². The van der Waals surface area contributed by atoms with Crippen LogP contribution in [-0.2, 0) is 9.47 Å². The van der Waals surface area contributed by atoms with Gasteiger partial charge in [-0.2, -0.15) is 20.8 Å². The molecule has 2 unspecified atom stereocenters. The molecular weight excluding hydrogens is 280 g/mol. The van der Waals surface area contributed by atoms with E-state index in [-0.39, 0.29) is 12.2 Å². The third-order valence-electron chi connectivity index (χ3n) is 3.84. The molecule has 2 atom stereocenters. The van der Waals surface area contributed by atoms with Crippen molar-refractivity contribution in [3.05, 3.63) is 0 Å². The Morgan fingerprint density at radius 1 is 0.818 bits per heavy atom. The maximum atomic E-state index is 9.10. The summed E-state index contributed by atoms with van der Waals surface area (Å²) in [5.74, 6) is 0. The average Bonchev–Trinajstić information content (AvgIpc) is 2.49. The zero-order valence-corrected chi connectivity index (χ0v) is 14.6. The largest absolute Gasteiger partial charge is 0.380 e. The van der Waals surface area contributed by atoms with Crippen molar-refractivity contribution in [3.8, 4) is 12.1 Å². The van der Waals surface area contributed by atoms with Crippen LogP contribution in [0.15, 0.2) is 10.2 Å². The number of ether oxygens (including phenoxy) is 2. The van der Waals surface area contributed by atoms with Crippen LogP contribution >= 0.6 is 0 Å². The Labute approximate surface area is 134 Å². The van der Waals surface area contributed by atoms with Crippen molar-refractivity contribution in [3.63, 3.8) is 0 Å². The molecule has 6 heteroatoms. The van der Waals surface area contributed by atoms with Gasteiger partial charge in [0.05, 0.1) is 48.3 Å². The fourth-order valence-electron chi connectivity index (χ4n) is 2.18. The van der Waals surface area contributed by atoms with Crippen molar-refractivity contribution in [1.29, 1.82) is 10.5 Å². The van der Waals surface area contributed by atoms with E-state index in [1.54, 1.807) is 14.2 Å². The molecule has 124 valence electrons. The lowest BCUT2D eigenvalue weighted by atomic mass is 9.86. The maximum Gasteiger partial charge on any atom is 0.0779 e. The van der Waals surface area contributed by atoms with E-state index in [0.29, 0.717) is 25.9 Å². The fraction of sp³-hybridized carbons (Fsp3) is 0.875. The third kappa shape index (κ3) is 6.51. The molecule has 0 aromatic carbocycles. The van der Waals surface area contributed by atoms with Crippen molar-refractivity contribution >= 4 is 0 Å². The molecule has 0 aromatic rings. The van der Waals surface area contributed by atoms with Crippen molar-refractivity contribution < 1.29 is 9.47 Å². The number of nitrogens with zero attached hydrogens (tertiary/aromatic N) is 4. The molecule has 0 fully saturated rings. The van der Waals surface area contributed by atoms with Gasteiger partial charge in [0.2, 0.25) is 0 Å². The van der Waals surface area contributed by atoms with Crippen LogP contribution in [-0.4, -0.2) is 39.5 Å². The van der Waals surface area contributed by atoms with Crippen LogP contribution in [0.4, 0.5) is 0 Å². The highest BCUT2D eigenvalue weighted by molar-refractivity contribution is 4.98. The number of rotatable bonds is 10. The summed E-state index contributed by atoms with van der Waals surface area (Å²) in [6.07, 6.45) is 0.969. The normalized spacial score (nSPS) is 15.3. The Hall–Kier alpha value is -1.50. The van der Waals surface area contributed by atoms with Gasteiger partial charge in [-0.1, -0.05) is 0 Å². The first-order valence-electron chi connectivity index (χ1n) is 7.46. The highest BCUT2D eigenvalue weighted by Gasteiger charge is 2.30. The zero-order chi connectivity index (χ0) is 17.2. The molecule has 0 bridgehead atoms. The topological polar surface area (TPSA) is 90.8 Å². The van der Waals surface area contributed by atoms with Gasteiger partial charge in [0.25, 0.3) is 0 Å². The van der Waals surface area contributed by atoms with Crippen molar-refractivity contribution in [2.45, 2.75) is 52.7 Å². The molecule has 0 spiro atoms. The predicted molar refractivity (Wildman–Crippen MR) is 84.2 cm³/mol. The summed E-state index contributed by atoms with van der Waals surface area (Å²) in [6.45, 7) is 8.44. The second kappa shape index (κ2) is 9.50. The summed E-state index contributed by atoms with van der Waals surface area (Å²) < 4.78 is 10.7. The van der Waals surface area contributed by atoms with Crippen molar-refractivity contribution in [1.82, 2.24) is 0 Å². The highest BCUT2D eigenvalue weighted by atomic mass is 16.5. The Balaban J connectivity index is 4.22. The van der Waals surface area contributed by atoms with Crippen LogP contribution in [0.1, 0.15) is 40.5 Å². The van der Waals surface area contributed by atoms with E-state index in [9.17, 15) is 0 Å². The Bertz CT molecular complexity index is 392. The summed E-state index contributed by atoms with van der Waals surface area (Å²) in [5.41, 5.74) is -1.08. The highest BCUT2D eigenvalue weighted by Crippen LogP contribution is 2.25. The first-order valence-corrected chi connectivity index (χ1v) is 7.46. The SMILES string of the molecule is COC(CCN=NCCC(OC)C(C)(C)C#N)C(C)(C)C#N. The Morgan fingerprint density at radius 2 is 1.14 bits per heavy atom. The molecule has 0 N–H and O–H groups in total. The van der Waals surface area contributed by atoms with Crippen LogP contribution in [0.25, 0.3) is 0 Å². The molecule has 0 rings (SSSR count). The van der Waals surface area contributed by atoms with Gasteiger partial charge in [-0.05, 0) is 40.5 Å². The molecular formula is C16H28N4O2. The van der Waals surface area contributed by atoms with E-state index >= 15 is 0 Å². The summed E-state index contributed by atoms with van der Waals surface area (Å²) in [4.78, 5) is 0. The molecule has 22 heavy (non-hydrogen) atoms. The molecule has 0 aliphatic carbocycles. The first-order chi connectivity index (χ1) is 10.2. The lowest BCUT2D eigenvalue weighted by Gasteiger charge is -2.26. The minimum Gasteiger partial charge on any atom is -0.380 e. The number of nitriles is 2. The van der Waals surface area contributed by atoms with Crippen molar-refractivity contribution in [2.75, 3.05) is 27.3 Å². The summed E-state index contributed by atoms with van der Waals surface area (Å²) >= 11 is 0. The molecule has 0 saturated carbocycles. The van der Waals surface area contributed by atoms with Gasteiger partial charge in [-0.3, -0.25) is 0 Å². The average molecular weight is 308 g/mol. The van der Waals surface area contributed by atoms with E-state index in [1.807, 2.05) is 27.7 Å². The fourth-order valence-corrected chi connectivity index (χ4v) is 2.18. The van der Waals surface area contributed by atoms with Crippen LogP contribution in [0, 0.1) is 33.5 Å². The summed E-state index contributed by atoms with van der Waals surface area (Å²) in [5, 5.41) is 26.4. The van der Waals surface area contributed by atoms with Crippen LogP contribution in [0.5, 0.6) is 0 Å². The van der Waals surface area contributed by atoms with Crippen LogP contribution in [0.2, 0.25) is 0 Å². The molecule has 6 nitrogen and oxygen atoms in total. The second-order valence-electron chi connectivity index (χ2n) is 6.42. The summed E-state index contributed by atoms with van der Waals surface area (Å²) in [7, 11) is 3.21. The molecule has 0 saturated heterocycles. The predicted octanol–water partition coefficient (Wildman–Crippen LogP) is 3.35. The van der Waals surface area contributed by atoms with Gasteiger partial charge in [-0.25, -0.2) is 0 Å². The smallest absolute Gasteiger partial charge is 0.0779 e. The molecule has 0 radical (unpaired) electrons. The minimum absolute atomic E-state index is 0.166. The van der Waals surface area contributed by atoms with Crippen LogP contribution < -0.4 is 0 Å². The number of hydrogen-bond acceptors (Lipinski definition) is 6. The number of azo groups is 1.